The van der Waals surface area contributed by atoms with E-state index in [0.717, 1.165) is 17.1 Å². The largest absolute Gasteiger partial charge is 0.481 e. The van der Waals surface area contributed by atoms with Gasteiger partial charge in [-0.3, -0.25) is 4.79 Å². The summed E-state index contributed by atoms with van der Waals surface area (Å²) in [6, 6.07) is 7.85. The van der Waals surface area contributed by atoms with Crippen LogP contribution in [-0.4, -0.2) is 20.9 Å². The Hall–Kier alpha value is -2.17. The lowest BCUT2D eigenvalue weighted by molar-refractivity contribution is -0.136. The second-order valence-corrected chi connectivity index (χ2v) is 4.06. The van der Waals surface area contributed by atoms with Crippen molar-refractivity contribution in [2.24, 2.45) is 0 Å². The normalized spacial score (nSPS) is 10.6. The maximum absolute atomic E-state index is 12.8. The first kappa shape index (κ1) is 12.3. The van der Waals surface area contributed by atoms with Crippen molar-refractivity contribution in [2.45, 2.75) is 19.8 Å². The van der Waals surface area contributed by atoms with Gasteiger partial charge in [0.1, 0.15) is 5.82 Å². The van der Waals surface area contributed by atoms with Crippen molar-refractivity contribution in [2.75, 3.05) is 0 Å². The molecule has 0 amide bonds. The number of hydrogen-bond donors (Lipinski definition) is 1. The number of carboxylic acids is 1. The zero-order valence-electron chi connectivity index (χ0n) is 9.93. The van der Waals surface area contributed by atoms with Gasteiger partial charge in [0.2, 0.25) is 0 Å². The Labute approximate surface area is 104 Å². The van der Waals surface area contributed by atoms with Crippen molar-refractivity contribution in [3.8, 4) is 5.69 Å². The number of benzene rings is 1. The van der Waals surface area contributed by atoms with E-state index in [2.05, 4.69) is 5.10 Å². The first-order valence-electron chi connectivity index (χ1n) is 5.59. The average molecular weight is 248 g/mol. The van der Waals surface area contributed by atoms with E-state index in [-0.39, 0.29) is 12.2 Å². The van der Waals surface area contributed by atoms with Gasteiger partial charge in [0.05, 0.1) is 17.8 Å². The highest BCUT2D eigenvalue weighted by molar-refractivity contribution is 5.66. The van der Waals surface area contributed by atoms with E-state index in [1.807, 2.05) is 13.0 Å². The third-order valence-corrected chi connectivity index (χ3v) is 2.60. The minimum Gasteiger partial charge on any atom is -0.481 e. The SMILES string of the molecule is Cc1cc(CCC(=O)O)nn1-c1ccc(F)cc1. The van der Waals surface area contributed by atoms with E-state index in [9.17, 15) is 9.18 Å². The molecule has 1 aromatic heterocycles. The van der Waals surface area contributed by atoms with Gasteiger partial charge in [-0.1, -0.05) is 0 Å². The zero-order chi connectivity index (χ0) is 13.1. The van der Waals surface area contributed by atoms with Crippen LogP contribution >= 0.6 is 0 Å². The van der Waals surface area contributed by atoms with Crippen molar-refractivity contribution in [1.82, 2.24) is 9.78 Å². The molecule has 18 heavy (non-hydrogen) atoms. The van der Waals surface area contributed by atoms with E-state index < -0.39 is 5.97 Å². The lowest BCUT2D eigenvalue weighted by Crippen LogP contribution is -2.01. The molecule has 0 aliphatic heterocycles. The number of halogens is 1. The molecule has 0 aliphatic rings. The van der Waals surface area contributed by atoms with Crippen LogP contribution in [0.4, 0.5) is 4.39 Å². The molecule has 0 atom stereocenters. The van der Waals surface area contributed by atoms with Crippen molar-refractivity contribution >= 4 is 5.97 Å². The Kier molecular flexibility index (Phi) is 3.41. The highest BCUT2D eigenvalue weighted by Crippen LogP contribution is 2.13. The molecule has 4 nitrogen and oxygen atoms in total. The van der Waals surface area contributed by atoms with Crippen LogP contribution in [0.5, 0.6) is 0 Å². The van der Waals surface area contributed by atoms with Gasteiger partial charge in [0.25, 0.3) is 0 Å². The smallest absolute Gasteiger partial charge is 0.303 e. The number of aliphatic carboxylic acids is 1. The molecule has 1 aromatic carbocycles. The van der Waals surface area contributed by atoms with E-state index in [4.69, 9.17) is 5.11 Å². The molecule has 0 fully saturated rings. The lowest BCUT2D eigenvalue weighted by atomic mass is 10.2. The number of aryl methyl sites for hydroxylation is 2. The van der Waals surface area contributed by atoms with E-state index in [1.54, 1.807) is 16.8 Å². The summed E-state index contributed by atoms with van der Waals surface area (Å²) in [5.74, 6) is -1.14. The van der Waals surface area contributed by atoms with Gasteiger partial charge in [0, 0.05) is 12.1 Å². The zero-order valence-corrected chi connectivity index (χ0v) is 9.93. The molecular weight excluding hydrogens is 235 g/mol. The van der Waals surface area contributed by atoms with Gasteiger partial charge >= 0.3 is 5.97 Å². The summed E-state index contributed by atoms with van der Waals surface area (Å²) in [4.78, 5) is 10.5. The Bertz CT molecular complexity index is 561. The Morgan fingerprint density at radius 1 is 1.39 bits per heavy atom. The maximum Gasteiger partial charge on any atom is 0.303 e. The molecule has 0 bridgehead atoms. The predicted molar refractivity (Wildman–Crippen MR) is 64.2 cm³/mol. The highest BCUT2D eigenvalue weighted by Gasteiger charge is 2.07. The van der Waals surface area contributed by atoms with Crippen LogP contribution in [0.3, 0.4) is 0 Å². The third-order valence-electron chi connectivity index (χ3n) is 2.60. The summed E-state index contributed by atoms with van der Waals surface area (Å²) in [7, 11) is 0. The molecule has 5 heteroatoms. The summed E-state index contributed by atoms with van der Waals surface area (Å²) in [5, 5.41) is 12.9. The fraction of sp³-hybridized carbons (Fsp3) is 0.231. The molecule has 2 rings (SSSR count). The minimum atomic E-state index is -0.844. The predicted octanol–water partition coefficient (Wildman–Crippen LogP) is 2.34. The van der Waals surface area contributed by atoms with Gasteiger partial charge in [-0.2, -0.15) is 5.10 Å². The molecule has 0 spiro atoms. The third kappa shape index (κ3) is 2.74. The van der Waals surface area contributed by atoms with Crippen molar-refractivity contribution in [1.29, 1.82) is 0 Å². The van der Waals surface area contributed by atoms with Crippen molar-refractivity contribution < 1.29 is 14.3 Å². The first-order chi connectivity index (χ1) is 8.56. The number of carbonyl (C=O) groups is 1. The first-order valence-corrected chi connectivity index (χ1v) is 5.59. The van der Waals surface area contributed by atoms with Crippen molar-refractivity contribution in [3.63, 3.8) is 0 Å². The molecule has 0 unspecified atom stereocenters. The summed E-state index contributed by atoms with van der Waals surface area (Å²) >= 11 is 0. The van der Waals surface area contributed by atoms with E-state index in [1.165, 1.54) is 12.1 Å². The maximum atomic E-state index is 12.8. The number of rotatable bonds is 4. The molecule has 0 radical (unpaired) electrons. The van der Waals surface area contributed by atoms with Crippen molar-refractivity contribution in [3.05, 3.63) is 47.5 Å². The summed E-state index contributed by atoms with van der Waals surface area (Å²) in [6.45, 7) is 1.88. The Balaban J connectivity index is 2.23. The van der Waals surface area contributed by atoms with Crippen LogP contribution < -0.4 is 0 Å². The molecular formula is C13H13FN2O2. The second-order valence-electron chi connectivity index (χ2n) is 4.06. The second kappa shape index (κ2) is 5.00. The number of carboxylic acid groups (broad SMARTS) is 1. The number of nitrogens with zero attached hydrogens (tertiary/aromatic N) is 2. The van der Waals surface area contributed by atoms with Crippen LogP contribution in [0.25, 0.3) is 5.69 Å². The van der Waals surface area contributed by atoms with Gasteiger partial charge in [-0.25, -0.2) is 9.07 Å². The number of hydrogen-bond acceptors (Lipinski definition) is 2. The minimum absolute atomic E-state index is 0.0554. The van der Waals surface area contributed by atoms with Crippen LogP contribution in [0.2, 0.25) is 0 Å². The molecule has 0 aliphatic carbocycles. The highest BCUT2D eigenvalue weighted by atomic mass is 19.1. The average Bonchev–Trinajstić information content (AvgIpc) is 2.69. The topological polar surface area (TPSA) is 55.1 Å². The summed E-state index contributed by atoms with van der Waals surface area (Å²) in [5.41, 5.74) is 2.37. The van der Waals surface area contributed by atoms with Gasteiger partial charge in [0.15, 0.2) is 0 Å². The van der Waals surface area contributed by atoms with Gasteiger partial charge < -0.3 is 5.11 Å². The van der Waals surface area contributed by atoms with E-state index >= 15 is 0 Å². The Morgan fingerprint density at radius 2 is 2.06 bits per heavy atom. The molecule has 1 heterocycles. The molecule has 94 valence electrons. The quantitative estimate of drug-likeness (QED) is 0.903. The van der Waals surface area contributed by atoms with Crippen LogP contribution in [0.1, 0.15) is 17.8 Å². The monoisotopic (exact) mass is 248 g/mol. The van der Waals surface area contributed by atoms with Crippen LogP contribution in [-0.2, 0) is 11.2 Å². The standard InChI is InChI=1S/C13H13FN2O2/c1-9-8-11(4-7-13(17)18)15-16(9)12-5-2-10(14)3-6-12/h2-3,5-6,8H,4,7H2,1H3,(H,17,18). The Morgan fingerprint density at radius 3 is 2.67 bits per heavy atom. The van der Waals surface area contributed by atoms with Gasteiger partial charge in [-0.15, -0.1) is 0 Å². The molecule has 2 aromatic rings. The fourth-order valence-electron chi connectivity index (χ4n) is 1.74. The lowest BCUT2D eigenvalue weighted by Gasteiger charge is -2.03. The van der Waals surface area contributed by atoms with E-state index in [0.29, 0.717) is 6.42 Å². The molecule has 0 saturated carbocycles. The summed E-state index contributed by atoms with van der Waals surface area (Å²) in [6.07, 6.45) is 0.449. The van der Waals surface area contributed by atoms with Gasteiger partial charge in [-0.05, 0) is 37.3 Å². The molecule has 1 N–H and O–H groups in total. The number of aromatic nitrogens is 2. The summed E-state index contributed by atoms with van der Waals surface area (Å²) < 4.78 is 14.5. The van der Waals surface area contributed by atoms with Crippen LogP contribution in [0.15, 0.2) is 30.3 Å². The van der Waals surface area contributed by atoms with Crippen LogP contribution in [0, 0.1) is 12.7 Å². The fourth-order valence-corrected chi connectivity index (χ4v) is 1.74. The molecule has 0 saturated heterocycles.